The number of aliphatic hydroxyl groups excluding tert-OH is 2. The fourth-order valence-electron chi connectivity index (χ4n) is 0.949. The van der Waals surface area contributed by atoms with Crippen LogP contribution in [0.2, 0.25) is 0 Å². The van der Waals surface area contributed by atoms with Gasteiger partial charge in [0.1, 0.15) is 0 Å². The van der Waals surface area contributed by atoms with Gasteiger partial charge in [0.2, 0.25) is 0 Å². The van der Waals surface area contributed by atoms with Crippen molar-refractivity contribution >= 4 is 5.69 Å². The topological polar surface area (TPSA) is 52.5 Å². The molecule has 1 aromatic carbocycles. The minimum absolute atomic E-state index is 0.363. The Hall–Kier alpha value is -1.06. The average molecular weight is 181 g/mol. The van der Waals surface area contributed by atoms with E-state index in [2.05, 4.69) is 5.32 Å². The van der Waals surface area contributed by atoms with Crippen LogP contribution in [0.25, 0.3) is 0 Å². The van der Waals surface area contributed by atoms with E-state index in [4.69, 9.17) is 5.11 Å². The highest BCUT2D eigenvalue weighted by Gasteiger charge is 2.09. The van der Waals surface area contributed by atoms with E-state index >= 15 is 0 Å². The van der Waals surface area contributed by atoms with Crippen LogP contribution in [-0.2, 0) is 0 Å². The van der Waals surface area contributed by atoms with Crippen LogP contribution in [0.15, 0.2) is 30.3 Å². The molecule has 0 amide bonds. The van der Waals surface area contributed by atoms with Crippen LogP contribution in [0.4, 0.5) is 5.69 Å². The number of nitrogens with one attached hydrogen (secondary N) is 1. The standard InChI is InChI=1S/C10H15NO2/c1-8(12)10(13)7-11-9-5-3-2-4-6-9/h2-6,8,10-13H,7H2,1H3. The first-order valence-corrected chi connectivity index (χ1v) is 4.35. The zero-order valence-electron chi connectivity index (χ0n) is 7.64. The van der Waals surface area contributed by atoms with Gasteiger partial charge in [0.05, 0.1) is 12.2 Å². The summed E-state index contributed by atoms with van der Waals surface area (Å²) >= 11 is 0. The maximum atomic E-state index is 9.28. The normalized spacial score (nSPS) is 15.0. The Morgan fingerprint density at radius 3 is 2.38 bits per heavy atom. The van der Waals surface area contributed by atoms with Crippen LogP contribution >= 0.6 is 0 Å². The summed E-state index contributed by atoms with van der Waals surface area (Å²) in [6.07, 6.45) is -1.42. The number of anilines is 1. The number of benzene rings is 1. The van der Waals surface area contributed by atoms with Crippen molar-refractivity contribution in [2.45, 2.75) is 19.1 Å². The predicted octanol–water partition coefficient (Wildman–Crippen LogP) is 0.840. The fraction of sp³-hybridized carbons (Fsp3) is 0.400. The van der Waals surface area contributed by atoms with Gasteiger partial charge in [-0.05, 0) is 19.1 Å². The summed E-state index contributed by atoms with van der Waals surface area (Å²) in [5.41, 5.74) is 0.946. The van der Waals surface area contributed by atoms with Gasteiger partial charge in [-0.1, -0.05) is 18.2 Å². The van der Waals surface area contributed by atoms with Gasteiger partial charge < -0.3 is 15.5 Å². The maximum absolute atomic E-state index is 9.28. The monoisotopic (exact) mass is 181 g/mol. The van der Waals surface area contributed by atoms with E-state index in [1.165, 1.54) is 0 Å². The molecule has 72 valence electrons. The lowest BCUT2D eigenvalue weighted by Gasteiger charge is -2.14. The SMILES string of the molecule is CC(O)C(O)CNc1ccccc1. The van der Waals surface area contributed by atoms with Crippen molar-refractivity contribution in [3.63, 3.8) is 0 Å². The van der Waals surface area contributed by atoms with Crippen molar-refractivity contribution in [3.8, 4) is 0 Å². The number of hydrogen-bond acceptors (Lipinski definition) is 3. The van der Waals surface area contributed by atoms with Crippen LogP contribution in [0.3, 0.4) is 0 Å². The molecule has 0 aliphatic rings. The van der Waals surface area contributed by atoms with E-state index in [1.54, 1.807) is 6.92 Å². The Morgan fingerprint density at radius 2 is 1.85 bits per heavy atom. The zero-order chi connectivity index (χ0) is 9.68. The molecule has 2 unspecified atom stereocenters. The third-order valence-corrected chi connectivity index (χ3v) is 1.85. The van der Waals surface area contributed by atoms with E-state index in [1.807, 2.05) is 30.3 Å². The van der Waals surface area contributed by atoms with Crippen LogP contribution in [0.5, 0.6) is 0 Å². The number of para-hydroxylation sites is 1. The third kappa shape index (κ3) is 3.44. The van der Waals surface area contributed by atoms with Crippen LogP contribution < -0.4 is 5.32 Å². The molecule has 3 nitrogen and oxygen atoms in total. The first-order valence-electron chi connectivity index (χ1n) is 4.35. The minimum Gasteiger partial charge on any atom is -0.391 e. The highest BCUT2D eigenvalue weighted by atomic mass is 16.3. The molecule has 3 N–H and O–H groups in total. The summed E-state index contributed by atoms with van der Waals surface area (Å²) in [6, 6.07) is 9.58. The predicted molar refractivity (Wildman–Crippen MR) is 52.6 cm³/mol. The molecule has 3 heteroatoms. The van der Waals surface area contributed by atoms with Crippen molar-refractivity contribution < 1.29 is 10.2 Å². The van der Waals surface area contributed by atoms with Crippen LogP contribution in [0, 0.1) is 0 Å². The van der Waals surface area contributed by atoms with Crippen molar-refractivity contribution in [2.75, 3.05) is 11.9 Å². The van der Waals surface area contributed by atoms with Gasteiger partial charge in [-0.15, -0.1) is 0 Å². The van der Waals surface area contributed by atoms with Crippen molar-refractivity contribution in [1.82, 2.24) is 0 Å². The van der Waals surface area contributed by atoms with Gasteiger partial charge >= 0.3 is 0 Å². The smallest absolute Gasteiger partial charge is 0.0968 e. The lowest BCUT2D eigenvalue weighted by molar-refractivity contribution is 0.0400. The Morgan fingerprint density at radius 1 is 1.23 bits per heavy atom. The largest absolute Gasteiger partial charge is 0.391 e. The molecule has 0 heterocycles. The molecule has 0 aliphatic carbocycles. The van der Waals surface area contributed by atoms with Crippen molar-refractivity contribution in [1.29, 1.82) is 0 Å². The molecular weight excluding hydrogens is 166 g/mol. The summed E-state index contributed by atoms with van der Waals surface area (Å²) in [4.78, 5) is 0. The summed E-state index contributed by atoms with van der Waals surface area (Å²) < 4.78 is 0. The average Bonchev–Trinajstić information content (AvgIpc) is 2.15. The number of hydrogen-bond donors (Lipinski definition) is 3. The van der Waals surface area contributed by atoms with Gasteiger partial charge in [-0.2, -0.15) is 0 Å². The molecule has 0 saturated heterocycles. The van der Waals surface area contributed by atoms with E-state index in [0.29, 0.717) is 6.54 Å². The first kappa shape index (κ1) is 10.0. The molecule has 1 rings (SSSR count). The van der Waals surface area contributed by atoms with E-state index < -0.39 is 12.2 Å². The Labute approximate surface area is 78.0 Å². The van der Waals surface area contributed by atoms with Crippen LogP contribution in [-0.4, -0.2) is 29.0 Å². The van der Waals surface area contributed by atoms with Crippen molar-refractivity contribution in [2.24, 2.45) is 0 Å². The number of rotatable bonds is 4. The quantitative estimate of drug-likeness (QED) is 0.645. The Balaban J connectivity index is 2.35. The van der Waals surface area contributed by atoms with E-state index in [-0.39, 0.29) is 0 Å². The van der Waals surface area contributed by atoms with E-state index in [9.17, 15) is 5.11 Å². The molecule has 0 spiro atoms. The summed E-state index contributed by atoms with van der Waals surface area (Å²) in [6.45, 7) is 1.93. The first-order chi connectivity index (χ1) is 6.20. The molecule has 0 bridgehead atoms. The lowest BCUT2D eigenvalue weighted by atomic mass is 10.2. The van der Waals surface area contributed by atoms with Gasteiger partial charge in [0.25, 0.3) is 0 Å². The van der Waals surface area contributed by atoms with E-state index in [0.717, 1.165) is 5.69 Å². The van der Waals surface area contributed by atoms with Crippen molar-refractivity contribution in [3.05, 3.63) is 30.3 Å². The molecule has 2 atom stereocenters. The molecular formula is C10H15NO2. The Kier molecular flexibility index (Phi) is 3.73. The summed E-state index contributed by atoms with van der Waals surface area (Å²) in [5, 5.41) is 21.3. The number of aliphatic hydroxyl groups is 2. The lowest BCUT2D eigenvalue weighted by Crippen LogP contribution is -2.30. The molecule has 0 radical (unpaired) electrons. The van der Waals surface area contributed by atoms with Gasteiger partial charge in [0.15, 0.2) is 0 Å². The highest BCUT2D eigenvalue weighted by molar-refractivity contribution is 5.42. The highest BCUT2D eigenvalue weighted by Crippen LogP contribution is 2.05. The van der Waals surface area contributed by atoms with Gasteiger partial charge in [-0.25, -0.2) is 0 Å². The maximum Gasteiger partial charge on any atom is 0.0968 e. The van der Waals surface area contributed by atoms with Crippen LogP contribution in [0.1, 0.15) is 6.92 Å². The summed E-state index contributed by atoms with van der Waals surface area (Å²) in [7, 11) is 0. The molecule has 0 saturated carbocycles. The molecule has 0 aromatic heterocycles. The minimum atomic E-state index is -0.722. The molecule has 1 aromatic rings. The zero-order valence-corrected chi connectivity index (χ0v) is 7.64. The molecule has 0 fully saturated rings. The fourth-order valence-corrected chi connectivity index (χ4v) is 0.949. The molecule has 0 aliphatic heterocycles. The van der Waals surface area contributed by atoms with Gasteiger partial charge in [-0.3, -0.25) is 0 Å². The second-order valence-corrected chi connectivity index (χ2v) is 3.05. The summed E-state index contributed by atoms with van der Waals surface area (Å²) in [5.74, 6) is 0. The molecule has 13 heavy (non-hydrogen) atoms. The third-order valence-electron chi connectivity index (χ3n) is 1.85. The second kappa shape index (κ2) is 4.84. The Bertz CT molecular complexity index is 236. The second-order valence-electron chi connectivity index (χ2n) is 3.05. The van der Waals surface area contributed by atoms with Gasteiger partial charge in [0, 0.05) is 12.2 Å².